The van der Waals surface area contributed by atoms with Crippen molar-refractivity contribution in [1.82, 2.24) is 24.8 Å². The molecule has 0 unspecified atom stereocenters. The van der Waals surface area contributed by atoms with Gasteiger partial charge in [0, 0.05) is 32.6 Å². The first-order valence-corrected chi connectivity index (χ1v) is 13.1. The maximum Gasteiger partial charge on any atom is 0.276 e. The summed E-state index contributed by atoms with van der Waals surface area (Å²) >= 11 is 0. The highest BCUT2D eigenvalue weighted by molar-refractivity contribution is 5.93. The molecule has 7 heteroatoms. The summed E-state index contributed by atoms with van der Waals surface area (Å²) in [5.41, 5.74) is 4.85. The van der Waals surface area contributed by atoms with Gasteiger partial charge in [0.25, 0.3) is 5.91 Å². The Morgan fingerprint density at radius 2 is 1.47 bits per heavy atom. The van der Waals surface area contributed by atoms with E-state index in [1.807, 2.05) is 42.2 Å². The van der Waals surface area contributed by atoms with Crippen LogP contribution in [0, 0.1) is 18.3 Å². The van der Waals surface area contributed by atoms with Crippen molar-refractivity contribution in [2.45, 2.75) is 45.4 Å². The lowest BCUT2D eigenvalue weighted by molar-refractivity contribution is -0.134. The summed E-state index contributed by atoms with van der Waals surface area (Å²) in [6, 6.07) is 18.3. The minimum atomic E-state index is -0.0362. The van der Waals surface area contributed by atoms with Gasteiger partial charge in [-0.3, -0.25) is 9.59 Å². The summed E-state index contributed by atoms with van der Waals surface area (Å²) in [5.74, 6) is 0.686. The first kappa shape index (κ1) is 23.0. The molecule has 0 radical (unpaired) electrons. The van der Waals surface area contributed by atoms with Crippen LogP contribution >= 0.6 is 0 Å². The van der Waals surface area contributed by atoms with Crippen LogP contribution in [-0.2, 0) is 17.6 Å². The minimum absolute atomic E-state index is 0.0362. The third-order valence-corrected chi connectivity index (χ3v) is 8.47. The Labute approximate surface area is 212 Å². The number of likely N-dealkylation sites (tertiary alicyclic amines) is 2. The van der Waals surface area contributed by atoms with Gasteiger partial charge < -0.3 is 9.80 Å². The summed E-state index contributed by atoms with van der Waals surface area (Å²) in [4.78, 5) is 32.0. The molecule has 3 aliphatic rings. The number of piperidine rings is 1. The Hall–Kier alpha value is -3.48. The second-order valence-electron chi connectivity index (χ2n) is 10.9. The lowest BCUT2D eigenvalue weighted by Gasteiger charge is -2.39. The number of fused-ring (bicyclic) bond motifs is 1. The molecule has 186 valence electrons. The average molecular weight is 484 g/mol. The molecule has 6 rings (SSSR count). The van der Waals surface area contributed by atoms with Crippen molar-refractivity contribution in [2.24, 2.45) is 11.3 Å². The van der Waals surface area contributed by atoms with Gasteiger partial charge in [-0.05, 0) is 73.6 Å². The Bertz CT molecular complexity index is 1250. The standard InChI is InChI=1S/C29H33N5O2/c1-21-27(31-34(30-21)25-9-3-2-4-10-25)28(36)33-16-13-29(20-33)11-14-32(15-12-29)26(35)19-22-17-23-7-5-6-8-24(23)18-22/h2-10,22H,11-20H2,1H3. The summed E-state index contributed by atoms with van der Waals surface area (Å²) in [5, 5.41) is 8.99. The number of rotatable bonds is 4. The fourth-order valence-electron chi connectivity index (χ4n) is 6.32. The molecule has 1 aromatic heterocycles. The fourth-order valence-corrected chi connectivity index (χ4v) is 6.32. The molecule has 2 amide bonds. The molecule has 0 atom stereocenters. The third-order valence-electron chi connectivity index (χ3n) is 8.47. The molecule has 3 heterocycles. The van der Waals surface area contributed by atoms with Gasteiger partial charge in [-0.25, -0.2) is 0 Å². The monoisotopic (exact) mass is 483 g/mol. The van der Waals surface area contributed by atoms with Crippen LogP contribution in [0.4, 0.5) is 0 Å². The molecule has 7 nitrogen and oxygen atoms in total. The predicted molar refractivity (Wildman–Crippen MR) is 137 cm³/mol. The SMILES string of the molecule is Cc1nn(-c2ccccc2)nc1C(=O)N1CCC2(CCN(C(=O)CC3Cc4ccccc4C3)CC2)C1. The van der Waals surface area contributed by atoms with Crippen LogP contribution in [0.5, 0.6) is 0 Å². The number of aryl methyl sites for hydroxylation is 1. The number of carbonyl (C=O) groups is 2. The Morgan fingerprint density at radius 1 is 0.861 bits per heavy atom. The number of carbonyl (C=O) groups excluding carboxylic acids is 2. The number of hydrogen-bond donors (Lipinski definition) is 0. The second kappa shape index (κ2) is 9.19. The molecule has 0 bridgehead atoms. The summed E-state index contributed by atoms with van der Waals surface area (Å²) in [6.45, 7) is 4.92. The smallest absolute Gasteiger partial charge is 0.276 e. The van der Waals surface area contributed by atoms with Crippen molar-refractivity contribution in [1.29, 1.82) is 0 Å². The van der Waals surface area contributed by atoms with Crippen LogP contribution in [0.15, 0.2) is 54.6 Å². The Kier molecular flexibility index (Phi) is 5.86. The maximum atomic E-state index is 13.3. The largest absolute Gasteiger partial charge is 0.343 e. The van der Waals surface area contributed by atoms with Crippen LogP contribution in [0.1, 0.15) is 53.0 Å². The van der Waals surface area contributed by atoms with Crippen molar-refractivity contribution < 1.29 is 9.59 Å². The summed E-state index contributed by atoms with van der Waals surface area (Å²) in [7, 11) is 0. The first-order valence-electron chi connectivity index (χ1n) is 13.1. The highest BCUT2D eigenvalue weighted by Gasteiger charge is 2.43. The van der Waals surface area contributed by atoms with E-state index in [0.29, 0.717) is 29.6 Å². The second-order valence-corrected chi connectivity index (χ2v) is 10.9. The van der Waals surface area contributed by atoms with E-state index >= 15 is 0 Å². The molecule has 36 heavy (non-hydrogen) atoms. The van der Waals surface area contributed by atoms with Crippen molar-refractivity contribution in [3.05, 3.63) is 77.1 Å². The van der Waals surface area contributed by atoms with E-state index in [1.54, 1.807) is 4.80 Å². The van der Waals surface area contributed by atoms with Gasteiger partial charge >= 0.3 is 0 Å². The fraction of sp³-hybridized carbons (Fsp3) is 0.448. The Morgan fingerprint density at radius 3 is 2.14 bits per heavy atom. The number of hydrogen-bond acceptors (Lipinski definition) is 4. The number of amides is 2. The lowest BCUT2D eigenvalue weighted by atomic mass is 9.77. The van der Waals surface area contributed by atoms with E-state index in [1.165, 1.54) is 11.1 Å². The molecule has 2 aliphatic heterocycles. The van der Waals surface area contributed by atoms with Crippen molar-refractivity contribution in [2.75, 3.05) is 26.2 Å². The van der Waals surface area contributed by atoms with Crippen LogP contribution in [0.2, 0.25) is 0 Å². The molecule has 3 aromatic rings. The molecular weight excluding hydrogens is 450 g/mol. The number of para-hydroxylation sites is 1. The van der Waals surface area contributed by atoms with Gasteiger partial charge in [-0.15, -0.1) is 5.10 Å². The van der Waals surface area contributed by atoms with Gasteiger partial charge in [0.05, 0.1) is 11.4 Å². The average Bonchev–Trinajstić information content (AvgIpc) is 3.61. The number of nitrogens with zero attached hydrogens (tertiary/aromatic N) is 5. The minimum Gasteiger partial charge on any atom is -0.343 e. The summed E-state index contributed by atoms with van der Waals surface area (Å²) < 4.78 is 0. The van der Waals surface area contributed by atoms with E-state index in [4.69, 9.17) is 0 Å². The zero-order valence-corrected chi connectivity index (χ0v) is 20.9. The molecule has 2 fully saturated rings. The van der Waals surface area contributed by atoms with Crippen molar-refractivity contribution >= 4 is 11.8 Å². The van der Waals surface area contributed by atoms with Gasteiger partial charge in [0.2, 0.25) is 5.91 Å². The lowest BCUT2D eigenvalue weighted by Crippen LogP contribution is -2.45. The molecule has 1 aliphatic carbocycles. The van der Waals surface area contributed by atoms with Crippen molar-refractivity contribution in [3.8, 4) is 5.69 Å². The van der Waals surface area contributed by atoms with Crippen LogP contribution in [-0.4, -0.2) is 62.8 Å². The quantitative estimate of drug-likeness (QED) is 0.565. The maximum absolute atomic E-state index is 13.3. The van der Waals surface area contributed by atoms with Gasteiger partial charge in [0.1, 0.15) is 0 Å². The molecule has 1 spiro atoms. The van der Waals surface area contributed by atoms with E-state index < -0.39 is 0 Å². The highest BCUT2D eigenvalue weighted by Crippen LogP contribution is 2.41. The van der Waals surface area contributed by atoms with E-state index in [9.17, 15) is 9.59 Å². The Balaban J connectivity index is 1.04. The van der Waals surface area contributed by atoms with Crippen LogP contribution < -0.4 is 0 Å². The normalized spacial score (nSPS) is 19.1. The molecule has 2 aromatic carbocycles. The van der Waals surface area contributed by atoms with E-state index in [0.717, 1.165) is 64.0 Å². The zero-order valence-electron chi connectivity index (χ0n) is 20.9. The van der Waals surface area contributed by atoms with Gasteiger partial charge in [-0.1, -0.05) is 42.5 Å². The van der Waals surface area contributed by atoms with E-state index in [2.05, 4.69) is 39.4 Å². The number of benzene rings is 2. The zero-order chi connectivity index (χ0) is 24.7. The summed E-state index contributed by atoms with van der Waals surface area (Å²) in [6.07, 6.45) is 5.59. The topological polar surface area (TPSA) is 71.3 Å². The predicted octanol–water partition coefficient (Wildman–Crippen LogP) is 3.84. The van der Waals surface area contributed by atoms with Crippen molar-refractivity contribution in [3.63, 3.8) is 0 Å². The molecule has 2 saturated heterocycles. The van der Waals surface area contributed by atoms with Crippen LogP contribution in [0.3, 0.4) is 0 Å². The highest BCUT2D eigenvalue weighted by atomic mass is 16.2. The third kappa shape index (κ3) is 4.31. The number of aromatic nitrogens is 3. The molecule has 0 N–H and O–H groups in total. The van der Waals surface area contributed by atoms with Gasteiger partial charge in [0.15, 0.2) is 5.69 Å². The van der Waals surface area contributed by atoms with E-state index in [-0.39, 0.29) is 11.3 Å². The van der Waals surface area contributed by atoms with Crippen LogP contribution in [0.25, 0.3) is 5.69 Å². The first-order chi connectivity index (χ1) is 17.5. The molecular formula is C29H33N5O2. The van der Waals surface area contributed by atoms with Gasteiger partial charge in [-0.2, -0.15) is 9.90 Å². The molecule has 0 saturated carbocycles.